The Bertz CT molecular complexity index is 782. The van der Waals surface area contributed by atoms with Crippen LogP contribution in [0.2, 0.25) is 0 Å². The third kappa shape index (κ3) is 3.88. The first-order valence-corrected chi connectivity index (χ1v) is 9.54. The van der Waals surface area contributed by atoms with Crippen molar-refractivity contribution in [1.82, 2.24) is 4.90 Å². The summed E-state index contributed by atoms with van der Waals surface area (Å²) >= 11 is 0. The Morgan fingerprint density at radius 3 is 2.52 bits per heavy atom. The van der Waals surface area contributed by atoms with Gasteiger partial charge < -0.3 is 10.6 Å². The van der Waals surface area contributed by atoms with Crippen molar-refractivity contribution < 1.29 is 4.79 Å². The van der Waals surface area contributed by atoms with Crippen molar-refractivity contribution in [3.05, 3.63) is 65.7 Å². The highest BCUT2D eigenvalue weighted by Gasteiger charge is 2.36. The van der Waals surface area contributed by atoms with Gasteiger partial charge in [0.2, 0.25) is 5.91 Å². The molecule has 0 bridgehead atoms. The second kappa shape index (κ2) is 8.42. The summed E-state index contributed by atoms with van der Waals surface area (Å²) in [5.41, 5.74) is 9.73. The Morgan fingerprint density at radius 2 is 1.78 bits per heavy atom. The number of nitrogens with two attached hydrogens (primary N) is 1. The van der Waals surface area contributed by atoms with Gasteiger partial charge in [-0.2, -0.15) is 0 Å². The second-order valence-corrected chi connectivity index (χ2v) is 7.65. The van der Waals surface area contributed by atoms with Crippen LogP contribution in [0, 0.1) is 5.92 Å². The predicted molar refractivity (Wildman–Crippen MR) is 113 cm³/mol. The second-order valence-electron chi connectivity index (χ2n) is 7.65. The van der Waals surface area contributed by atoms with Gasteiger partial charge >= 0.3 is 0 Å². The molecule has 27 heavy (non-hydrogen) atoms. The van der Waals surface area contributed by atoms with Crippen LogP contribution >= 0.6 is 12.4 Å². The molecule has 1 saturated heterocycles. The van der Waals surface area contributed by atoms with E-state index in [2.05, 4.69) is 54.3 Å². The van der Waals surface area contributed by atoms with Gasteiger partial charge in [-0.05, 0) is 43.0 Å². The zero-order chi connectivity index (χ0) is 18.1. The van der Waals surface area contributed by atoms with Crippen molar-refractivity contribution in [2.24, 2.45) is 11.7 Å². The minimum Gasteiger partial charge on any atom is -0.330 e. The highest BCUT2D eigenvalue weighted by atomic mass is 35.5. The minimum atomic E-state index is 0. The Balaban J connectivity index is 0.00000210. The number of amides is 1. The van der Waals surface area contributed by atoms with Crippen molar-refractivity contribution in [1.29, 1.82) is 0 Å². The molecule has 0 saturated carbocycles. The summed E-state index contributed by atoms with van der Waals surface area (Å²) in [5, 5.41) is 0. The molecule has 2 aliphatic rings. The molecule has 2 heterocycles. The van der Waals surface area contributed by atoms with Gasteiger partial charge in [-0.1, -0.05) is 48.5 Å². The van der Waals surface area contributed by atoms with Crippen LogP contribution < -0.4 is 10.6 Å². The van der Waals surface area contributed by atoms with Crippen LogP contribution in [0.1, 0.15) is 24.0 Å². The molecule has 5 heteroatoms. The fraction of sp³-hybridized carbons (Fsp3) is 0.409. The van der Waals surface area contributed by atoms with Crippen LogP contribution in [0.4, 0.5) is 5.69 Å². The molecule has 144 valence electrons. The van der Waals surface area contributed by atoms with E-state index in [1.165, 1.54) is 11.1 Å². The normalized spacial score (nSPS) is 24.5. The molecule has 1 fully saturated rings. The number of para-hydroxylation sites is 1. The maximum absolute atomic E-state index is 13.1. The predicted octanol–water partition coefficient (Wildman–Crippen LogP) is 3.06. The molecule has 2 aromatic carbocycles. The van der Waals surface area contributed by atoms with E-state index in [1.807, 2.05) is 17.0 Å². The average molecular weight is 386 g/mol. The van der Waals surface area contributed by atoms with Gasteiger partial charge in [-0.15, -0.1) is 12.4 Å². The summed E-state index contributed by atoms with van der Waals surface area (Å²) in [6.07, 6.45) is 0.944. The standard InChI is InChI=1S/C22H27N3O.ClH/c1-16-11-18-9-5-6-10-21(18)25(16)22(26)15-24-13-19(12-23)20(14-24)17-7-3-2-4-8-17;/h2-10,16,19-20H,11-15,23H2,1H3;1H/t16?,19-,20+;/m1./s1. The van der Waals surface area contributed by atoms with Crippen molar-refractivity contribution in [2.45, 2.75) is 25.3 Å². The van der Waals surface area contributed by atoms with Crippen molar-refractivity contribution in [2.75, 3.05) is 31.1 Å². The molecule has 4 nitrogen and oxygen atoms in total. The zero-order valence-corrected chi connectivity index (χ0v) is 16.6. The third-order valence-corrected chi connectivity index (χ3v) is 5.88. The number of likely N-dealkylation sites (tertiary alicyclic amines) is 1. The van der Waals surface area contributed by atoms with E-state index < -0.39 is 0 Å². The zero-order valence-electron chi connectivity index (χ0n) is 15.8. The Kier molecular flexibility index (Phi) is 6.20. The Hall–Kier alpha value is -1.88. The number of carbonyl (C=O) groups excluding carboxylic acids is 1. The minimum absolute atomic E-state index is 0. The summed E-state index contributed by atoms with van der Waals surface area (Å²) in [4.78, 5) is 17.3. The maximum Gasteiger partial charge on any atom is 0.241 e. The first-order chi connectivity index (χ1) is 12.7. The Morgan fingerprint density at radius 1 is 1.07 bits per heavy atom. The van der Waals surface area contributed by atoms with E-state index >= 15 is 0 Å². The molecular formula is C22H28ClN3O. The topological polar surface area (TPSA) is 49.6 Å². The van der Waals surface area contributed by atoms with Crippen LogP contribution in [0.5, 0.6) is 0 Å². The summed E-state index contributed by atoms with van der Waals surface area (Å²) in [6, 6.07) is 19.1. The molecule has 2 N–H and O–H groups in total. The largest absolute Gasteiger partial charge is 0.330 e. The van der Waals surface area contributed by atoms with Crippen molar-refractivity contribution >= 4 is 24.0 Å². The molecule has 0 radical (unpaired) electrons. The average Bonchev–Trinajstić information content (AvgIpc) is 3.22. The fourth-order valence-corrected chi connectivity index (χ4v) is 4.62. The summed E-state index contributed by atoms with van der Waals surface area (Å²) in [6.45, 7) is 5.07. The van der Waals surface area contributed by atoms with Crippen LogP contribution in [0.25, 0.3) is 0 Å². The number of hydrogen-bond acceptors (Lipinski definition) is 3. The van der Waals surface area contributed by atoms with E-state index in [-0.39, 0.29) is 24.4 Å². The summed E-state index contributed by atoms with van der Waals surface area (Å²) in [7, 11) is 0. The molecule has 4 rings (SSSR count). The summed E-state index contributed by atoms with van der Waals surface area (Å²) < 4.78 is 0. The van der Waals surface area contributed by atoms with Gasteiger partial charge in [0, 0.05) is 30.7 Å². The molecule has 2 aromatic rings. The van der Waals surface area contributed by atoms with Crippen molar-refractivity contribution in [3.8, 4) is 0 Å². The molecule has 0 spiro atoms. The van der Waals surface area contributed by atoms with Gasteiger partial charge in [0.15, 0.2) is 0 Å². The highest BCUT2D eigenvalue weighted by molar-refractivity contribution is 5.97. The molecule has 0 aliphatic carbocycles. The number of rotatable bonds is 4. The molecule has 1 unspecified atom stereocenters. The first-order valence-electron chi connectivity index (χ1n) is 9.54. The number of carbonyl (C=O) groups is 1. The van der Waals surface area contributed by atoms with Gasteiger partial charge in [0.05, 0.1) is 6.54 Å². The van der Waals surface area contributed by atoms with Gasteiger partial charge in [0.25, 0.3) is 0 Å². The Labute approximate surface area is 167 Å². The highest BCUT2D eigenvalue weighted by Crippen LogP contribution is 2.34. The lowest BCUT2D eigenvalue weighted by molar-refractivity contribution is -0.119. The number of halogens is 1. The van der Waals surface area contributed by atoms with E-state index in [4.69, 9.17) is 5.73 Å². The number of fused-ring (bicyclic) bond motifs is 1. The van der Waals surface area contributed by atoms with E-state index in [9.17, 15) is 4.79 Å². The SMILES string of the molecule is CC1Cc2ccccc2N1C(=O)CN1C[C@@H](CN)[C@H](c2ccccc2)C1.Cl. The fourth-order valence-electron chi connectivity index (χ4n) is 4.62. The number of benzene rings is 2. The molecule has 1 amide bonds. The van der Waals surface area contributed by atoms with Crippen LogP contribution in [0.15, 0.2) is 54.6 Å². The third-order valence-electron chi connectivity index (χ3n) is 5.88. The van der Waals surface area contributed by atoms with Gasteiger partial charge in [-0.25, -0.2) is 0 Å². The van der Waals surface area contributed by atoms with Crippen LogP contribution in [0.3, 0.4) is 0 Å². The number of nitrogens with zero attached hydrogens (tertiary/aromatic N) is 2. The van der Waals surface area contributed by atoms with Crippen molar-refractivity contribution in [3.63, 3.8) is 0 Å². The van der Waals surface area contributed by atoms with Gasteiger partial charge in [0.1, 0.15) is 0 Å². The first kappa shape index (κ1) is 19.9. The number of hydrogen-bond donors (Lipinski definition) is 1. The van der Waals surface area contributed by atoms with Gasteiger partial charge in [-0.3, -0.25) is 9.69 Å². The number of anilines is 1. The van der Waals surface area contributed by atoms with Crippen LogP contribution in [-0.2, 0) is 11.2 Å². The monoisotopic (exact) mass is 385 g/mol. The van der Waals surface area contributed by atoms with E-state index in [0.29, 0.717) is 24.9 Å². The lowest BCUT2D eigenvalue weighted by Crippen LogP contribution is -2.42. The quantitative estimate of drug-likeness (QED) is 0.879. The molecule has 3 atom stereocenters. The van der Waals surface area contributed by atoms with E-state index in [0.717, 1.165) is 25.2 Å². The summed E-state index contributed by atoms with van der Waals surface area (Å²) in [5.74, 6) is 1.03. The smallest absolute Gasteiger partial charge is 0.241 e. The molecular weight excluding hydrogens is 358 g/mol. The molecule has 2 aliphatic heterocycles. The lowest BCUT2D eigenvalue weighted by Gasteiger charge is -2.25. The molecule has 0 aromatic heterocycles. The van der Waals surface area contributed by atoms with E-state index in [1.54, 1.807) is 0 Å². The van der Waals surface area contributed by atoms with Crippen LogP contribution in [-0.4, -0.2) is 43.0 Å². The maximum atomic E-state index is 13.1. The lowest BCUT2D eigenvalue weighted by atomic mass is 9.89.